The first-order chi connectivity index (χ1) is 12.4. The summed E-state index contributed by atoms with van der Waals surface area (Å²) >= 11 is 0. The molecule has 0 unspecified atom stereocenters. The highest BCUT2D eigenvalue weighted by Crippen LogP contribution is 2.03. The Morgan fingerprint density at radius 1 is 0.923 bits per heavy atom. The number of nitrogens with two attached hydrogens (primary N) is 2. The van der Waals surface area contributed by atoms with E-state index in [4.69, 9.17) is 11.5 Å². The van der Waals surface area contributed by atoms with Crippen LogP contribution < -0.4 is 33.9 Å². The van der Waals surface area contributed by atoms with Gasteiger partial charge in [-0.25, -0.2) is 14.4 Å². The van der Waals surface area contributed by atoms with Crippen LogP contribution in [0, 0.1) is 0 Å². The fraction of sp³-hybridized carbons (Fsp3) is 0.154. The van der Waals surface area contributed by atoms with Crippen LogP contribution in [0.5, 0.6) is 0 Å². The highest BCUT2D eigenvalue weighted by molar-refractivity contribution is 5.39. The lowest BCUT2D eigenvalue weighted by Gasteiger charge is -2.05. The molecule has 0 aliphatic heterocycles. The predicted molar refractivity (Wildman–Crippen MR) is 93.4 cm³/mol. The normalized spacial score (nSPS) is 9.85. The predicted octanol–water partition coefficient (Wildman–Crippen LogP) is -2.16. The van der Waals surface area contributed by atoms with Gasteiger partial charge < -0.3 is 16.8 Å². The van der Waals surface area contributed by atoms with Gasteiger partial charge in [0.25, 0.3) is 0 Å². The largest absolute Gasteiger partial charge is 0.383 e. The average Bonchev–Trinajstić information content (AvgIpc) is 2.54. The molecule has 0 spiro atoms. The molecule has 0 atom stereocenters. The van der Waals surface area contributed by atoms with Gasteiger partial charge in [0.15, 0.2) is 0 Å². The highest BCUT2D eigenvalue weighted by atomic mass is 16.2. The van der Waals surface area contributed by atoms with E-state index in [1.165, 1.54) is 0 Å². The van der Waals surface area contributed by atoms with E-state index >= 15 is 0 Å². The lowest BCUT2D eigenvalue weighted by molar-refractivity contribution is 0.878. The smallest absolute Gasteiger partial charge is 0.330 e. The summed E-state index contributed by atoms with van der Waals surface area (Å²) in [5, 5.41) is 3.19. The molecule has 0 aliphatic rings. The van der Waals surface area contributed by atoms with Crippen LogP contribution in [-0.4, -0.2) is 41.4 Å². The van der Waals surface area contributed by atoms with E-state index in [1.807, 2.05) is 12.1 Å². The second kappa shape index (κ2) is 8.72. The van der Waals surface area contributed by atoms with Crippen LogP contribution in [0.1, 0.15) is 5.82 Å². The van der Waals surface area contributed by atoms with Gasteiger partial charge in [0.1, 0.15) is 5.82 Å². The Bertz CT molecular complexity index is 912. The summed E-state index contributed by atoms with van der Waals surface area (Å²) in [7, 11) is 0. The van der Waals surface area contributed by atoms with Crippen LogP contribution in [0.2, 0.25) is 0 Å². The zero-order valence-electron chi connectivity index (χ0n) is 13.4. The van der Waals surface area contributed by atoms with Crippen molar-refractivity contribution >= 4 is 17.6 Å². The Kier molecular flexibility index (Phi) is 6.14. The number of nitrogens with one attached hydrogen (secondary N) is 4. The number of nitrogen functional groups attached to an aromatic ring is 2. The summed E-state index contributed by atoms with van der Waals surface area (Å²) in [5.74, 6) is 0.870. The van der Waals surface area contributed by atoms with Crippen molar-refractivity contribution in [2.45, 2.75) is 6.42 Å². The SMILES string of the molecule is Nc1nc(N)nc(CCNc2cccnc2)n1.O=c1[nH]c(=O)[nH]c(=O)[nH]1. The maximum Gasteiger partial charge on any atom is 0.330 e. The van der Waals surface area contributed by atoms with Gasteiger partial charge in [0.2, 0.25) is 11.9 Å². The van der Waals surface area contributed by atoms with Crippen molar-refractivity contribution in [2.75, 3.05) is 23.3 Å². The summed E-state index contributed by atoms with van der Waals surface area (Å²) in [4.78, 5) is 51.6. The lowest BCUT2D eigenvalue weighted by atomic mass is 10.3. The first kappa shape index (κ1) is 18.3. The van der Waals surface area contributed by atoms with Crippen molar-refractivity contribution in [1.82, 2.24) is 34.9 Å². The van der Waals surface area contributed by atoms with Crippen molar-refractivity contribution < 1.29 is 0 Å². The number of hydrogen-bond donors (Lipinski definition) is 6. The Morgan fingerprint density at radius 3 is 2.00 bits per heavy atom. The number of hydrogen-bond acceptors (Lipinski definition) is 10. The Hall–Kier alpha value is -4.03. The van der Waals surface area contributed by atoms with Crippen LogP contribution in [0.15, 0.2) is 38.9 Å². The molecular formula is C13H16N10O3. The van der Waals surface area contributed by atoms with Gasteiger partial charge in [-0.3, -0.25) is 19.9 Å². The molecule has 0 bridgehead atoms. The third kappa shape index (κ3) is 6.23. The molecule has 8 N–H and O–H groups in total. The van der Waals surface area contributed by atoms with Crippen LogP contribution in [0.4, 0.5) is 17.6 Å². The molecule has 3 heterocycles. The number of pyridine rings is 1. The molecule has 0 saturated carbocycles. The number of aromatic nitrogens is 7. The van der Waals surface area contributed by atoms with Crippen LogP contribution in [0.3, 0.4) is 0 Å². The second-order valence-corrected chi connectivity index (χ2v) is 4.75. The monoisotopic (exact) mass is 360 g/mol. The fourth-order valence-corrected chi connectivity index (χ4v) is 1.76. The minimum Gasteiger partial charge on any atom is -0.383 e. The van der Waals surface area contributed by atoms with Gasteiger partial charge in [-0.15, -0.1) is 0 Å². The van der Waals surface area contributed by atoms with Crippen LogP contribution in [-0.2, 0) is 6.42 Å². The Morgan fingerprint density at radius 2 is 1.50 bits per heavy atom. The van der Waals surface area contributed by atoms with Crippen LogP contribution >= 0.6 is 0 Å². The summed E-state index contributed by atoms with van der Waals surface area (Å²) in [6.45, 7) is 0.675. The van der Waals surface area contributed by atoms with Gasteiger partial charge in [-0.2, -0.15) is 15.0 Å². The molecule has 13 nitrogen and oxygen atoms in total. The number of nitrogens with zero attached hydrogens (tertiary/aromatic N) is 4. The lowest BCUT2D eigenvalue weighted by Crippen LogP contribution is -2.34. The summed E-state index contributed by atoms with van der Waals surface area (Å²) in [6.07, 6.45) is 4.08. The molecular weight excluding hydrogens is 344 g/mol. The molecule has 0 amide bonds. The van der Waals surface area contributed by atoms with Crippen molar-refractivity contribution in [1.29, 1.82) is 0 Å². The molecule has 13 heteroatoms. The van der Waals surface area contributed by atoms with Crippen molar-refractivity contribution in [2.24, 2.45) is 0 Å². The zero-order valence-corrected chi connectivity index (χ0v) is 13.4. The van der Waals surface area contributed by atoms with Gasteiger partial charge in [-0.1, -0.05) is 0 Å². The maximum absolute atomic E-state index is 10.2. The summed E-state index contributed by atoms with van der Waals surface area (Å²) in [6, 6.07) is 3.80. The van der Waals surface area contributed by atoms with E-state index in [9.17, 15) is 14.4 Å². The number of anilines is 3. The summed E-state index contributed by atoms with van der Waals surface area (Å²) < 4.78 is 0. The third-order valence-corrected chi connectivity index (χ3v) is 2.74. The molecule has 3 aromatic rings. The minimum atomic E-state index is -0.802. The molecule has 136 valence electrons. The van der Waals surface area contributed by atoms with Gasteiger partial charge in [-0.05, 0) is 12.1 Å². The minimum absolute atomic E-state index is 0.147. The molecule has 0 aliphatic carbocycles. The molecule has 26 heavy (non-hydrogen) atoms. The number of H-pyrrole nitrogens is 3. The first-order valence-corrected chi connectivity index (χ1v) is 7.25. The molecule has 3 rings (SSSR count). The van der Waals surface area contributed by atoms with Gasteiger partial charge >= 0.3 is 17.1 Å². The van der Waals surface area contributed by atoms with E-state index in [-0.39, 0.29) is 11.9 Å². The van der Waals surface area contributed by atoms with Crippen molar-refractivity contribution in [3.05, 3.63) is 61.8 Å². The van der Waals surface area contributed by atoms with Crippen molar-refractivity contribution in [3.8, 4) is 0 Å². The topological polar surface area (TPSA) is 214 Å². The maximum atomic E-state index is 10.2. The van der Waals surface area contributed by atoms with E-state index < -0.39 is 17.1 Å². The van der Waals surface area contributed by atoms with E-state index in [2.05, 4.69) is 25.3 Å². The van der Waals surface area contributed by atoms with Gasteiger partial charge in [0.05, 0.1) is 5.69 Å². The highest BCUT2D eigenvalue weighted by Gasteiger charge is 2.01. The zero-order chi connectivity index (χ0) is 18.9. The van der Waals surface area contributed by atoms with Crippen molar-refractivity contribution in [3.63, 3.8) is 0 Å². The standard InChI is InChI=1S/C10H13N7.C3H3N3O3/c11-9-15-8(16-10(12)17-9)3-5-14-7-2-1-4-13-6-7;7-1-4-2(8)6-3(9)5-1/h1-2,4,6,14H,3,5H2,(H4,11,12,15,16,17);(H3,4,5,6,7,8,9). The quantitative estimate of drug-likeness (QED) is 0.296. The molecule has 0 saturated heterocycles. The van der Waals surface area contributed by atoms with E-state index in [0.29, 0.717) is 18.8 Å². The first-order valence-electron chi connectivity index (χ1n) is 7.25. The van der Waals surface area contributed by atoms with E-state index in [1.54, 1.807) is 27.3 Å². The molecule has 3 aromatic heterocycles. The summed E-state index contributed by atoms with van der Waals surface area (Å²) in [5.41, 5.74) is 9.48. The fourth-order valence-electron chi connectivity index (χ4n) is 1.76. The van der Waals surface area contributed by atoms with E-state index in [0.717, 1.165) is 5.69 Å². The number of aromatic amines is 3. The van der Waals surface area contributed by atoms with Gasteiger partial charge in [0, 0.05) is 25.4 Å². The Balaban J connectivity index is 0.000000228. The third-order valence-electron chi connectivity index (χ3n) is 2.74. The Labute approximate surface area is 145 Å². The van der Waals surface area contributed by atoms with Crippen LogP contribution in [0.25, 0.3) is 0 Å². The number of rotatable bonds is 4. The molecule has 0 aromatic carbocycles. The average molecular weight is 360 g/mol. The molecule has 0 fully saturated rings. The second-order valence-electron chi connectivity index (χ2n) is 4.75. The molecule has 0 radical (unpaired) electrons.